The van der Waals surface area contributed by atoms with E-state index in [0.717, 1.165) is 6.54 Å². The summed E-state index contributed by atoms with van der Waals surface area (Å²) in [7, 11) is 0. The van der Waals surface area contributed by atoms with Crippen LogP contribution in [0.15, 0.2) is 0 Å². The molecule has 0 saturated heterocycles. The molecule has 1 aromatic rings. The molecule has 0 aromatic carbocycles. The first-order valence-corrected chi connectivity index (χ1v) is 5.36. The van der Waals surface area contributed by atoms with Crippen LogP contribution in [0.3, 0.4) is 0 Å². The molecule has 0 unspecified atom stereocenters. The first-order valence-electron chi connectivity index (χ1n) is 5.36. The number of aryl methyl sites for hydroxylation is 1. The molecule has 0 radical (unpaired) electrons. The van der Waals surface area contributed by atoms with E-state index in [2.05, 4.69) is 36.3 Å². The second kappa shape index (κ2) is 3.39. The number of fused-ring (bicyclic) bond motifs is 1. The van der Waals surface area contributed by atoms with Crippen molar-refractivity contribution in [1.29, 1.82) is 0 Å². The summed E-state index contributed by atoms with van der Waals surface area (Å²) < 4.78 is 0. The predicted octanol–water partition coefficient (Wildman–Crippen LogP) is 1.79. The zero-order valence-electron chi connectivity index (χ0n) is 9.28. The maximum Gasteiger partial charge on any atom is 0.0794 e. The molecular weight excluding hydrogens is 174 g/mol. The van der Waals surface area contributed by atoms with E-state index in [1.807, 2.05) is 0 Å². The molecule has 1 heterocycles. The molecule has 0 atom stereocenters. The fourth-order valence-electron chi connectivity index (χ4n) is 1.88. The van der Waals surface area contributed by atoms with Gasteiger partial charge in [-0.25, -0.2) is 0 Å². The molecule has 3 nitrogen and oxygen atoms in total. The van der Waals surface area contributed by atoms with Crippen molar-refractivity contribution in [3.63, 3.8) is 0 Å². The maximum absolute atomic E-state index is 4.35. The Balaban J connectivity index is 2.04. The third-order valence-corrected chi connectivity index (χ3v) is 2.68. The topological polar surface area (TPSA) is 40.7 Å². The number of nitrogens with one attached hydrogen (secondary N) is 2. The average Bonchev–Trinajstić information content (AvgIpc) is 2.59. The first kappa shape index (κ1) is 9.71. The van der Waals surface area contributed by atoms with E-state index in [-0.39, 0.29) is 5.54 Å². The highest BCUT2D eigenvalue weighted by molar-refractivity contribution is 5.29. The fourth-order valence-corrected chi connectivity index (χ4v) is 1.88. The molecule has 3 heteroatoms. The summed E-state index contributed by atoms with van der Waals surface area (Å²) in [5.41, 5.74) is 4.20. The predicted molar refractivity (Wildman–Crippen MR) is 57.2 cm³/mol. The normalized spacial score (nSPS) is 15.9. The van der Waals surface area contributed by atoms with Crippen molar-refractivity contribution in [3.8, 4) is 0 Å². The smallest absolute Gasteiger partial charge is 0.0794 e. The molecule has 0 fully saturated rings. The van der Waals surface area contributed by atoms with Crippen molar-refractivity contribution in [2.45, 2.75) is 52.1 Å². The van der Waals surface area contributed by atoms with Crippen LogP contribution in [0.1, 0.15) is 44.1 Å². The standard InChI is InChI=1S/C11H19N3/c1-11(2,3)12-7-10-8-5-4-6-9(8)13-14-10/h12H,4-7H2,1-3H3,(H,13,14). The van der Waals surface area contributed by atoms with Gasteiger partial charge in [-0.15, -0.1) is 0 Å². The van der Waals surface area contributed by atoms with Gasteiger partial charge in [0.25, 0.3) is 0 Å². The Kier molecular flexibility index (Phi) is 2.35. The Morgan fingerprint density at radius 3 is 2.86 bits per heavy atom. The van der Waals surface area contributed by atoms with Crippen molar-refractivity contribution in [3.05, 3.63) is 17.0 Å². The van der Waals surface area contributed by atoms with E-state index in [1.165, 1.54) is 36.2 Å². The van der Waals surface area contributed by atoms with Crippen LogP contribution < -0.4 is 5.32 Å². The highest BCUT2D eigenvalue weighted by atomic mass is 15.1. The lowest BCUT2D eigenvalue weighted by Crippen LogP contribution is -2.35. The molecule has 0 amide bonds. The van der Waals surface area contributed by atoms with Crippen LogP contribution in [0.2, 0.25) is 0 Å². The van der Waals surface area contributed by atoms with Gasteiger partial charge < -0.3 is 5.32 Å². The largest absolute Gasteiger partial charge is 0.306 e. The van der Waals surface area contributed by atoms with Crippen LogP contribution >= 0.6 is 0 Å². The van der Waals surface area contributed by atoms with E-state index in [4.69, 9.17) is 0 Å². The van der Waals surface area contributed by atoms with Crippen molar-refractivity contribution in [2.75, 3.05) is 0 Å². The third-order valence-electron chi connectivity index (χ3n) is 2.68. The van der Waals surface area contributed by atoms with Crippen LogP contribution in [0.5, 0.6) is 0 Å². The summed E-state index contributed by atoms with van der Waals surface area (Å²) in [5.74, 6) is 0. The quantitative estimate of drug-likeness (QED) is 0.751. The molecule has 14 heavy (non-hydrogen) atoms. The molecule has 1 aliphatic carbocycles. The van der Waals surface area contributed by atoms with Crippen LogP contribution in [-0.2, 0) is 19.4 Å². The van der Waals surface area contributed by atoms with E-state index >= 15 is 0 Å². The minimum Gasteiger partial charge on any atom is -0.306 e. The number of H-pyrrole nitrogens is 1. The minimum atomic E-state index is 0.171. The van der Waals surface area contributed by atoms with Crippen LogP contribution in [0.4, 0.5) is 0 Å². The molecule has 0 aliphatic heterocycles. The minimum absolute atomic E-state index is 0.171. The average molecular weight is 193 g/mol. The van der Waals surface area contributed by atoms with Gasteiger partial charge >= 0.3 is 0 Å². The van der Waals surface area contributed by atoms with Crippen molar-refractivity contribution in [1.82, 2.24) is 15.5 Å². The number of rotatable bonds is 2. The van der Waals surface area contributed by atoms with Crippen LogP contribution in [0.25, 0.3) is 0 Å². The van der Waals surface area contributed by atoms with Crippen molar-refractivity contribution >= 4 is 0 Å². The van der Waals surface area contributed by atoms with Gasteiger partial charge in [0.1, 0.15) is 0 Å². The summed E-state index contributed by atoms with van der Waals surface area (Å²) in [4.78, 5) is 0. The van der Waals surface area contributed by atoms with Gasteiger partial charge in [0.15, 0.2) is 0 Å². The molecule has 1 aromatic heterocycles. The zero-order chi connectivity index (χ0) is 10.2. The first-order chi connectivity index (χ1) is 6.56. The Morgan fingerprint density at radius 1 is 1.36 bits per heavy atom. The molecule has 0 spiro atoms. The summed E-state index contributed by atoms with van der Waals surface area (Å²) in [5, 5.41) is 11.0. The van der Waals surface area contributed by atoms with E-state index in [0.29, 0.717) is 0 Å². The summed E-state index contributed by atoms with van der Waals surface area (Å²) in [6.07, 6.45) is 3.66. The second-order valence-electron chi connectivity index (χ2n) is 5.08. The number of nitrogens with zero attached hydrogens (tertiary/aromatic N) is 1. The molecule has 78 valence electrons. The van der Waals surface area contributed by atoms with Gasteiger partial charge in [-0.3, -0.25) is 5.10 Å². The summed E-state index contributed by atoms with van der Waals surface area (Å²) in [6, 6.07) is 0. The maximum atomic E-state index is 4.35. The number of aromatic amines is 1. The zero-order valence-corrected chi connectivity index (χ0v) is 9.28. The second-order valence-corrected chi connectivity index (χ2v) is 5.08. The Labute approximate surface area is 85.3 Å². The lowest BCUT2D eigenvalue weighted by atomic mass is 10.1. The molecule has 2 N–H and O–H groups in total. The molecule has 1 aliphatic rings. The van der Waals surface area contributed by atoms with Gasteiger partial charge in [-0.05, 0) is 45.6 Å². The fraction of sp³-hybridized carbons (Fsp3) is 0.727. The highest BCUT2D eigenvalue weighted by Gasteiger charge is 2.19. The number of hydrogen-bond donors (Lipinski definition) is 2. The summed E-state index contributed by atoms with van der Waals surface area (Å²) >= 11 is 0. The Bertz CT molecular complexity index is 320. The highest BCUT2D eigenvalue weighted by Crippen LogP contribution is 2.22. The summed E-state index contributed by atoms with van der Waals surface area (Å²) in [6.45, 7) is 7.43. The van der Waals surface area contributed by atoms with Gasteiger partial charge in [0, 0.05) is 17.8 Å². The lowest BCUT2D eigenvalue weighted by molar-refractivity contribution is 0.420. The van der Waals surface area contributed by atoms with E-state index in [1.54, 1.807) is 0 Å². The van der Waals surface area contributed by atoms with E-state index < -0.39 is 0 Å². The Hall–Kier alpha value is -0.830. The monoisotopic (exact) mass is 193 g/mol. The lowest BCUT2D eigenvalue weighted by Gasteiger charge is -2.19. The number of hydrogen-bond acceptors (Lipinski definition) is 2. The van der Waals surface area contributed by atoms with E-state index in [9.17, 15) is 0 Å². The van der Waals surface area contributed by atoms with Crippen molar-refractivity contribution < 1.29 is 0 Å². The van der Waals surface area contributed by atoms with Gasteiger partial charge in [0.05, 0.1) is 5.69 Å². The third kappa shape index (κ3) is 1.98. The molecule has 0 saturated carbocycles. The molecule has 2 rings (SSSR count). The Morgan fingerprint density at radius 2 is 2.14 bits per heavy atom. The number of aromatic nitrogens is 2. The van der Waals surface area contributed by atoms with Crippen LogP contribution in [-0.4, -0.2) is 15.7 Å². The van der Waals surface area contributed by atoms with Crippen molar-refractivity contribution in [2.24, 2.45) is 0 Å². The van der Waals surface area contributed by atoms with Crippen LogP contribution in [0, 0.1) is 0 Å². The molecule has 0 bridgehead atoms. The SMILES string of the molecule is CC(C)(C)NCc1n[nH]c2c1CCC2. The van der Waals surface area contributed by atoms with Gasteiger partial charge in [-0.1, -0.05) is 0 Å². The van der Waals surface area contributed by atoms with Gasteiger partial charge in [-0.2, -0.15) is 5.10 Å². The molecular formula is C11H19N3. The van der Waals surface area contributed by atoms with Gasteiger partial charge in [0.2, 0.25) is 0 Å².